The third-order valence-electron chi connectivity index (χ3n) is 8.88. The SMILES string of the molecule is COc1nc(-c2cccc(-c3cccc(-c4cnc(CN[C@H]5C[C@@H](S(C)(=O)=O)C5)c(OC)n4)c3Cl)c2Cl)cnc1CNC[C@@H]1CCC(=O)N1. The molecule has 15 heteroatoms. The maximum atomic E-state index is 11.7. The number of sulfone groups is 1. The number of nitrogens with zero attached hydrogens (tertiary/aromatic N) is 4. The topological polar surface area (TPSA) is 157 Å². The highest BCUT2D eigenvalue weighted by atomic mass is 35.5. The number of aromatic nitrogens is 4. The molecule has 0 spiro atoms. The molecule has 1 saturated carbocycles. The Morgan fingerprint density at radius 3 is 1.88 bits per heavy atom. The summed E-state index contributed by atoms with van der Waals surface area (Å²) in [6, 6.07) is 11.4. The highest BCUT2D eigenvalue weighted by Crippen LogP contribution is 2.42. The van der Waals surface area contributed by atoms with E-state index in [4.69, 9.17) is 42.6 Å². The van der Waals surface area contributed by atoms with Crippen molar-refractivity contribution in [1.29, 1.82) is 0 Å². The Bertz CT molecular complexity index is 1970. The zero-order valence-electron chi connectivity index (χ0n) is 27.3. The van der Waals surface area contributed by atoms with E-state index in [1.54, 1.807) is 19.5 Å². The fourth-order valence-electron chi connectivity index (χ4n) is 6.02. The fourth-order valence-corrected chi connectivity index (χ4v) is 7.83. The summed E-state index contributed by atoms with van der Waals surface area (Å²) in [5.74, 6) is 0.798. The number of ether oxygens (including phenoxy) is 2. The maximum Gasteiger partial charge on any atom is 0.237 e. The highest BCUT2D eigenvalue weighted by Gasteiger charge is 2.36. The molecule has 2 fully saturated rings. The molecule has 1 atom stereocenters. The van der Waals surface area contributed by atoms with Crippen LogP contribution >= 0.6 is 23.2 Å². The number of carbonyl (C=O) groups is 1. The van der Waals surface area contributed by atoms with Gasteiger partial charge in [-0.05, 0) is 19.3 Å². The number of rotatable bonds is 13. The molecule has 0 radical (unpaired) electrons. The van der Waals surface area contributed by atoms with Gasteiger partial charge in [0.15, 0.2) is 0 Å². The van der Waals surface area contributed by atoms with Crippen molar-refractivity contribution in [3.05, 3.63) is 70.2 Å². The van der Waals surface area contributed by atoms with E-state index in [9.17, 15) is 13.2 Å². The smallest absolute Gasteiger partial charge is 0.237 e. The number of methoxy groups -OCH3 is 2. The van der Waals surface area contributed by atoms with Crippen molar-refractivity contribution in [2.45, 2.75) is 56.1 Å². The summed E-state index contributed by atoms with van der Waals surface area (Å²) >= 11 is 14.1. The van der Waals surface area contributed by atoms with Gasteiger partial charge in [0.2, 0.25) is 17.7 Å². The maximum absolute atomic E-state index is 11.7. The van der Waals surface area contributed by atoms with Crippen LogP contribution in [0.25, 0.3) is 33.6 Å². The van der Waals surface area contributed by atoms with Gasteiger partial charge in [0.1, 0.15) is 21.2 Å². The Hall–Kier alpha value is -3.88. The van der Waals surface area contributed by atoms with E-state index in [0.717, 1.165) is 6.42 Å². The van der Waals surface area contributed by atoms with Crippen LogP contribution in [0.4, 0.5) is 0 Å². The first-order valence-electron chi connectivity index (χ1n) is 15.9. The van der Waals surface area contributed by atoms with Crippen LogP contribution in [0.15, 0.2) is 48.8 Å². The van der Waals surface area contributed by atoms with Crippen LogP contribution in [0.3, 0.4) is 0 Å². The molecule has 49 heavy (non-hydrogen) atoms. The molecule has 0 bridgehead atoms. The molecule has 6 rings (SSSR count). The Labute approximate surface area is 295 Å². The molecular weight excluding hydrogens is 689 g/mol. The van der Waals surface area contributed by atoms with Crippen molar-refractivity contribution in [2.24, 2.45) is 0 Å². The number of nitrogens with one attached hydrogen (secondary N) is 3. The van der Waals surface area contributed by atoms with Gasteiger partial charge in [0.05, 0.1) is 53.3 Å². The number of halogens is 2. The number of hydrogen-bond donors (Lipinski definition) is 3. The quantitative estimate of drug-likeness (QED) is 0.177. The summed E-state index contributed by atoms with van der Waals surface area (Å²) in [4.78, 5) is 30.1. The first kappa shape index (κ1) is 35.0. The average Bonchev–Trinajstić information content (AvgIpc) is 3.48. The number of hydrogen-bond acceptors (Lipinski definition) is 11. The molecule has 0 unspecified atom stereocenters. The Kier molecular flexibility index (Phi) is 10.7. The average molecular weight is 727 g/mol. The molecule has 3 N–H and O–H groups in total. The standard InChI is InChI=1S/C34H37Cl2N7O5S/c1-47-33-28(15-37-14-19-10-11-30(44)41-19)39-16-26(42-33)24-8-4-6-22(31(24)35)23-7-5-9-25(32(23)36)27-17-40-29(34(43-27)48-2)18-38-20-12-21(13-20)49(3,45)46/h4-9,16-17,19-21,37-38H,10-15,18H2,1-3H3,(H,41,44)/t19-,20-,21+/m0/s1. The zero-order valence-corrected chi connectivity index (χ0v) is 29.6. The predicted octanol–water partition coefficient (Wildman–Crippen LogP) is 4.63. The van der Waals surface area contributed by atoms with Crippen molar-refractivity contribution in [2.75, 3.05) is 27.0 Å². The van der Waals surface area contributed by atoms with Crippen LogP contribution < -0.4 is 25.4 Å². The summed E-state index contributed by atoms with van der Waals surface area (Å²) in [6.07, 6.45) is 7.08. The van der Waals surface area contributed by atoms with Crippen LogP contribution in [0.2, 0.25) is 10.0 Å². The predicted molar refractivity (Wildman–Crippen MR) is 188 cm³/mol. The van der Waals surface area contributed by atoms with Crippen LogP contribution in [-0.2, 0) is 27.7 Å². The summed E-state index contributed by atoms with van der Waals surface area (Å²) < 4.78 is 34.6. The molecular formula is C34H37Cl2N7O5S. The molecule has 2 aliphatic rings. The van der Waals surface area contributed by atoms with E-state index in [1.165, 1.54) is 13.4 Å². The van der Waals surface area contributed by atoms with Crippen molar-refractivity contribution in [1.82, 2.24) is 35.9 Å². The largest absolute Gasteiger partial charge is 0.480 e. The van der Waals surface area contributed by atoms with Crippen molar-refractivity contribution in [3.63, 3.8) is 0 Å². The van der Waals surface area contributed by atoms with Crippen LogP contribution in [0.1, 0.15) is 37.1 Å². The Balaban J connectivity index is 1.20. The van der Waals surface area contributed by atoms with E-state index >= 15 is 0 Å². The molecule has 12 nitrogen and oxygen atoms in total. The first-order valence-corrected chi connectivity index (χ1v) is 18.6. The lowest BCUT2D eigenvalue weighted by Gasteiger charge is -2.34. The minimum absolute atomic E-state index is 0.0749. The normalized spacial score (nSPS) is 19.0. The minimum atomic E-state index is -3.02. The molecule has 1 amide bonds. The molecule has 258 valence electrons. The summed E-state index contributed by atoms with van der Waals surface area (Å²) in [5, 5.41) is 10.2. The van der Waals surface area contributed by atoms with E-state index in [2.05, 4.69) is 25.9 Å². The fraction of sp³-hybridized carbons (Fsp3) is 0.382. The van der Waals surface area contributed by atoms with Gasteiger partial charge >= 0.3 is 0 Å². The molecule has 2 aromatic heterocycles. The molecule has 3 heterocycles. The van der Waals surface area contributed by atoms with Crippen molar-refractivity contribution < 1.29 is 22.7 Å². The van der Waals surface area contributed by atoms with Gasteiger partial charge in [0.25, 0.3) is 0 Å². The van der Waals surface area contributed by atoms with Gasteiger partial charge < -0.3 is 25.4 Å². The van der Waals surface area contributed by atoms with E-state index in [-0.39, 0.29) is 23.2 Å². The van der Waals surface area contributed by atoms with E-state index < -0.39 is 9.84 Å². The minimum Gasteiger partial charge on any atom is -0.480 e. The van der Waals surface area contributed by atoms with Gasteiger partial charge in [-0.2, -0.15) is 0 Å². The zero-order chi connectivity index (χ0) is 34.7. The number of benzene rings is 2. The third-order valence-corrected chi connectivity index (χ3v) is 11.3. The van der Waals surface area contributed by atoms with Crippen LogP contribution in [0, 0.1) is 0 Å². The second kappa shape index (κ2) is 14.9. The summed E-state index contributed by atoms with van der Waals surface area (Å²) in [5.41, 5.74) is 5.02. The molecule has 2 aromatic carbocycles. The number of carbonyl (C=O) groups excluding carboxylic acids is 1. The van der Waals surface area contributed by atoms with Gasteiger partial charge in [-0.15, -0.1) is 0 Å². The Morgan fingerprint density at radius 1 is 0.857 bits per heavy atom. The third kappa shape index (κ3) is 7.81. The summed E-state index contributed by atoms with van der Waals surface area (Å²) in [7, 11) is 0.0494. The van der Waals surface area contributed by atoms with Gasteiger partial charge in [-0.3, -0.25) is 14.8 Å². The second-order valence-electron chi connectivity index (χ2n) is 12.2. The lowest BCUT2D eigenvalue weighted by atomic mass is 9.92. The second-order valence-corrected chi connectivity index (χ2v) is 15.3. The highest BCUT2D eigenvalue weighted by molar-refractivity contribution is 7.91. The van der Waals surface area contributed by atoms with Gasteiger partial charge in [-0.1, -0.05) is 59.6 Å². The number of amides is 1. The lowest BCUT2D eigenvalue weighted by molar-refractivity contribution is -0.119. The monoisotopic (exact) mass is 725 g/mol. The first-order chi connectivity index (χ1) is 23.5. The molecule has 1 aliphatic carbocycles. The van der Waals surface area contributed by atoms with E-state index in [1.807, 2.05) is 36.4 Å². The molecule has 1 aliphatic heterocycles. The summed E-state index contributed by atoms with van der Waals surface area (Å²) in [6.45, 7) is 1.44. The van der Waals surface area contributed by atoms with Crippen molar-refractivity contribution >= 4 is 38.9 Å². The van der Waals surface area contributed by atoms with E-state index in [0.29, 0.717) is 106 Å². The van der Waals surface area contributed by atoms with Crippen LogP contribution in [-0.4, -0.2) is 78.6 Å². The Morgan fingerprint density at radius 2 is 1.39 bits per heavy atom. The van der Waals surface area contributed by atoms with Crippen LogP contribution in [0.5, 0.6) is 11.8 Å². The van der Waals surface area contributed by atoms with Crippen molar-refractivity contribution in [3.8, 4) is 45.4 Å². The van der Waals surface area contributed by atoms with Gasteiger partial charge in [0, 0.05) is 66.6 Å². The lowest BCUT2D eigenvalue weighted by Crippen LogP contribution is -2.47. The van der Waals surface area contributed by atoms with Gasteiger partial charge in [-0.25, -0.2) is 18.4 Å². The molecule has 1 saturated heterocycles. The molecule has 4 aromatic rings.